The summed E-state index contributed by atoms with van der Waals surface area (Å²) in [6.07, 6.45) is 0.233. The second kappa shape index (κ2) is 9.36. The number of nitrogens with zero attached hydrogens (tertiary/aromatic N) is 1. The van der Waals surface area contributed by atoms with Crippen LogP contribution in [-0.2, 0) is 9.53 Å². The number of nitrogens with two attached hydrogens (primary N) is 1. The summed E-state index contributed by atoms with van der Waals surface area (Å²) < 4.78 is 6.06. The van der Waals surface area contributed by atoms with Crippen LogP contribution in [0.3, 0.4) is 0 Å². The van der Waals surface area contributed by atoms with E-state index in [1.54, 1.807) is 0 Å². The van der Waals surface area contributed by atoms with Gasteiger partial charge in [0.1, 0.15) is 6.10 Å². The largest absolute Gasteiger partial charge is 0.370 e. The number of carbonyl (C=O) groups excluding carboxylic acids is 1. The van der Waals surface area contributed by atoms with E-state index in [1.807, 2.05) is 42.2 Å². The first-order valence-corrected chi connectivity index (χ1v) is 9.24. The third-order valence-electron chi connectivity index (χ3n) is 5.16. The van der Waals surface area contributed by atoms with Crippen LogP contribution in [0.25, 0.3) is 0 Å². The van der Waals surface area contributed by atoms with Crippen molar-refractivity contribution in [2.75, 3.05) is 13.2 Å². The minimum absolute atomic E-state index is 0. The SMILES string of the molecule is Cc1ccc(C)c(C2CN(C(=O)CC(N)c3ccccc3)C(C)CO2)c1.Cl. The predicted octanol–water partition coefficient (Wildman–Crippen LogP) is 4.10. The average Bonchev–Trinajstić information content (AvgIpc) is 2.65. The van der Waals surface area contributed by atoms with E-state index >= 15 is 0 Å². The molecule has 2 N–H and O–H groups in total. The number of amides is 1. The molecule has 0 radical (unpaired) electrons. The topological polar surface area (TPSA) is 55.6 Å². The van der Waals surface area contributed by atoms with Crippen LogP contribution in [0, 0.1) is 13.8 Å². The molecule has 27 heavy (non-hydrogen) atoms. The van der Waals surface area contributed by atoms with Crippen molar-refractivity contribution in [2.24, 2.45) is 5.73 Å². The lowest BCUT2D eigenvalue weighted by atomic mass is 9.98. The number of rotatable bonds is 4. The molecule has 3 atom stereocenters. The Morgan fingerprint density at radius 1 is 1.22 bits per heavy atom. The average molecular weight is 389 g/mol. The van der Waals surface area contributed by atoms with Gasteiger partial charge >= 0.3 is 0 Å². The monoisotopic (exact) mass is 388 g/mol. The molecule has 0 spiro atoms. The molecule has 4 nitrogen and oxygen atoms in total. The molecule has 0 aromatic heterocycles. The quantitative estimate of drug-likeness (QED) is 0.857. The van der Waals surface area contributed by atoms with Gasteiger partial charge in [0.25, 0.3) is 0 Å². The van der Waals surface area contributed by atoms with Gasteiger partial charge in [0.15, 0.2) is 0 Å². The van der Waals surface area contributed by atoms with Crippen LogP contribution in [0.4, 0.5) is 0 Å². The van der Waals surface area contributed by atoms with Gasteiger partial charge in [0.05, 0.1) is 19.2 Å². The molecule has 0 aliphatic carbocycles. The van der Waals surface area contributed by atoms with Crippen molar-refractivity contribution in [3.05, 3.63) is 70.8 Å². The number of carbonyl (C=O) groups is 1. The number of hydrogen-bond donors (Lipinski definition) is 1. The third kappa shape index (κ3) is 5.10. The fourth-order valence-electron chi connectivity index (χ4n) is 3.52. The maximum absolute atomic E-state index is 12.9. The van der Waals surface area contributed by atoms with Crippen LogP contribution < -0.4 is 5.73 Å². The molecular weight excluding hydrogens is 360 g/mol. The summed E-state index contributed by atoms with van der Waals surface area (Å²) >= 11 is 0. The third-order valence-corrected chi connectivity index (χ3v) is 5.16. The Hall–Kier alpha value is -1.88. The van der Waals surface area contributed by atoms with Crippen LogP contribution in [0.2, 0.25) is 0 Å². The lowest BCUT2D eigenvalue weighted by Gasteiger charge is -2.39. The highest BCUT2D eigenvalue weighted by Gasteiger charge is 2.31. The normalized spacial score (nSPS) is 20.7. The lowest BCUT2D eigenvalue weighted by molar-refractivity contribution is -0.144. The molecule has 3 rings (SSSR count). The van der Waals surface area contributed by atoms with Gasteiger partial charge in [-0.2, -0.15) is 0 Å². The summed E-state index contributed by atoms with van der Waals surface area (Å²) in [6.45, 7) is 7.32. The van der Waals surface area contributed by atoms with Gasteiger partial charge in [-0.3, -0.25) is 4.79 Å². The molecule has 0 saturated carbocycles. The Morgan fingerprint density at radius 2 is 1.93 bits per heavy atom. The van der Waals surface area contributed by atoms with Gasteiger partial charge < -0.3 is 15.4 Å². The summed E-state index contributed by atoms with van der Waals surface area (Å²) in [5.41, 5.74) is 10.8. The molecule has 146 valence electrons. The summed E-state index contributed by atoms with van der Waals surface area (Å²) in [6, 6.07) is 16.0. The molecule has 5 heteroatoms. The van der Waals surface area contributed by atoms with Crippen LogP contribution in [0.15, 0.2) is 48.5 Å². The second-order valence-corrected chi connectivity index (χ2v) is 7.30. The van der Waals surface area contributed by atoms with Crippen LogP contribution in [0.1, 0.15) is 47.7 Å². The maximum atomic E-state index is 12.9. The molecule has 0 bridgehead atoms. The molecule has 3 unspecified atom stereocenters. The van der Waals surface area contributed by atoms with Crippen molar-refractivity contribution in [2.45, 2.75) is 45.4 Å². The highest BCUT2D eigenvalue weighted by atomic mass is 35.5. The van der Waals surface area contributed by atoms with E-state index in [0.717, 1.165) is 5.56 Å². The van der Waals surface area contributed by atoms with Gasteiger partial charge in [-0.15, -0.1) is 12.4 Å². The number of morpholine rings is 1. The van der Waals surface area contributed by atoms with E-state index < -0.39 is 0 Å². The number of benzene rings is 2. The van der Waals surface area contributed by atoms with Gasteiger partial charge in [-0.25, -0.2) is 0 Å². The number of aryl methyl sites for hydroxylation is 2. The molecule has 1 aliphatic heterocycles. The van der Waals surface area contributed by atoms with Crippen LogP contribution >= 0.6 is 12.4 Å². The van der Waals surface area contributed by atoms with Gasteiger partial charge in [0, 0.05) is 12.5 Å². The predicted molar refractivity (Wildman–Crippen MR) is 111 cm³/mol. The van der Waals surface area contributed by atoms with Gasteiger partial charge in [-0.1, -0.05) is 54.1 Å². The molecule has 1 amide bonds. The number of halogens is 1. The Labute approximate surface area is 168 Å². The Balaban J connectivity index is 0.00000261. The minimum Gasteiger partial charge on any atom is -0.370 e. The number of hydrogen-bond acceptors (Lipinski definition) is 3. The van der Waals surface area contributed by atoms with Crippen molar-refractivity contribution < 1.29 is 9.53 Å². The standard InChI is InChI=1S/C22H28N2O2.ClH/c1-15-9-10-16(2)19(11-15)21-13-24(17(3)14-26-21)22(25)12-20(23)18-7-5-4-6-8-18;/h4-11,17,20-21H,12-14,23H2,1-3H3;1H. The fraction of sp³-hybridized carbons (Fsp3) is 0.409. The molecule has 2 aromatic rings. The Kier molecular flexibility index (Phi) is 7.42. The first-order valence-electron chi connectivity index (χ1n) is 9.24. The van der Waals surface area contributed by atoms with Gasteiger partial charge in [0.2, 0.25) is 5.91 Å². The zero-order valence-corrected chi connectivity index (χ0v) is 17.0. The van der Waals surface area contributed by atoms with E-state index in [4.69, 9.17) is 10.5 Å². The molecule has 1 fully saturated rings. The molecule has 1 aliphatic rings. The summed E-state index contributed by atoms with van der Waals surface area (Å²) in [5.74, 6) is 0.0902. The smallest absolute Gasteiger partial charge is 0.224 e. The van der Waals surface area contributed by atoms with Crippen LogP contribution in [0.5, 0.6) is 0 Å². The van der Waals surface area contributed by atoms with Crippen LogP contribution in [-0.4, -0.2) is 30.0 Å². The van der Waals surface area contributed by atoms with E-state index in [9.17, 15) is 4.79 Å². The summed E-state index contributed by atoms with van der Waals surface area (Å²) in [4.78, 5) is 14.8. The van der Waals surface area contributed by atoms with E-state index in [0.29, 0.717) is 19.6 Å². The van der Waals surface area contributed by atoms with Crippen molar-refractivity contribution in [3.8, 4) is 0 Å². The lowest BCUT2D eigenvalue weighted by Crippen LogP contribution is -2.49. The first kappa shape index (κ1) is 21.4. The minimum atomic E-state index is -0.280. The Morgan fingerprint density at radius 3 is 2.63 bits per heavy atom. The highest BCUT2D eigenvalue weighted by Crippen LogP contribution is 2.29. The van der Waals surface area contributed by atoms with E-state index in [2.05, 4.69) is 32.0 Å². The fourth-order valence-corrected chi connectivity index (χ4v) is 3.52. The van der Waals surface area contributed by atoms with Crippen molar-refractivity contribution in [1.29, 1.82) is 0 Å². The van der Waals surface area contributed by atoms with E-state index in [-0.39, 0.29) is 36.5 Å². The molecule has 2 aromatic carbocycles. The summed E-state index contributed by atoms with van der Waals surface area (Å²) in [5, 5.41) is 0. The van der Waals surface area contributed by atoms with Crippen molar-refractivity contribution >= 4 is 18.3 Å². The molecular formula is C22H29ClN2O2. The first-order chi connectivity index (χ1) is 12.5. The number of ether oxygens (including phenoxy) is 1. The second-order valence-electron chi connectivity index (χ2n) is 7.30. The van der Waals surface area contributed by atoms with Gasteiger partial charge in [-0.05, 0) is 37.5 Å². The zero-order chi connectivity index (χ0) is 18.7. The van der Waals surface area contributed by atoms with Crippen molar-refractivity contribution in [1.82, 2.24) is 4.90 Å². The Bertz CT molecular complexity index is 766. The zero-order valence-electron chi connectivity index (χ0n) is 16.2. The summed E-state index contributed by atoms with van der Waals surface area (Å²) in [7, 11) is 0. The maximum Gasteiger partial charge on any atom is 0.224 e. The highest BCUT2D eigenvalue weighted by molar-refractivity contribution is 5.85. The molecule has 1 saturated heterocycles. The molecule has 1 heterocycles. The van der Waals surface area contributed by atoms with Crippen molar-refractivity contribution in [3.63, 3.8) is 0 Å². The van der Waals surface area contributed by atoms with E-state index in [1.165, 1.54) is 16.7 Å².